The third-order valence-electron chi connectivity index (χ3n) is 2.30. The molecule has 0 aliphatic carbocycles. The average Bonchev–Trinajstić information content (AvgIpc) is 2.13. The summed E-state index contributed by atoms with van der Waals surface area (Å²) in [6.07, 6.45) is 0.315. The van der Waals surface area contributed by atoms with Crippen molar-refractivity contribution in [3.63, 3.8) is 0 Å². The minimum absolute atomic E-state index is 0.0305. The zero-order valence-electron chi connectivity index (χ0n) is 9.46. The first-order valence-corrected chi connectivity index (χ1v) is 4.88. The molecule has 0 aliphatic rings. The van der Waals surface area contributed by atoms with Crippen molar-refractivity contribution in [3.8, 4) is 0 Å². The second kappa shape index (κ2) is 6.54. The van der Waals surface area contributed by atoms with Gasteiger partial charge >= 0.3 is 0 Å². The van der Waals surface area contributed by atoms with Crippen LogP contribution < -0.4 is 5.32 Å². The number of nitrogens with zero attached hydrogens (tertiary/aromatic N) is 1. The van der Waals surface area contributed by atoms with E-state index in [-0.39, 0.29) is 17.6 Å². The van der Waals surface area contributed by atoms with Gasteiger partial charge in [0.05, 0.1) is 0 Å². The monoisotopic (exact) mass is 200 g/mol. The number of hydrogen-bond donors (Lipinski definition) is 1. The first-order chi connectivity index (χ1) is 6.49. The molecule has 0 aromatic rings. The zero-order valence-corrected chi connectivity index (χ0v) is 9.46. The molecule has 0 aromatic carbocycles. The molecule has 0 fully saturated rings. The third kappa shape index (κ3) is 4.97. The molecule has 0 saturated carbocycles. The standard InChI is InChI=1S/C10H20N2O2/c1-8(9(2)13)7-10(14)12(4)6-5-11-3/h8,11H,5-7H2,1-4H3. The van der Waals surface area contributed by atoms with E-state index < -0.39 is 0 Å². The first kappa shape index (κ1) is 13.1. The lowest BCUT2D eigenvalue weighted by Gasteiger charge is -2.18. The van der Waals surface area contributed by atoms with Crippen LogP contribution in [0.15, 0.2) is 0 Å². The molecule has 1 amide bonds. The number of rotatable bonds is 6. The molecular weight excluding hydrogens is 180 g/mol. The van der Waals surface area contributed by atoms with Gasteiger partial charge < -0.3 is 10.2 Å². The van der Waals surface area contributed by atoms with E-state index in [9.17, 15) is 9.59 Å². The SMILES string of the molecule is CNCCN(C)C(=O)CC(C)C(C)=O. The van der Waals surface area contributed by atoms with Gasteiger partial charge in [0, 0.05) is 32.5 Å². The van der Waals surface area contributed by atoms with Gasteiger partial charge in [0.1, 0.15) is 5.78 Å². The molecule has 0 radical (unpaired) electrons. The van der Waals surface area contributed by atoms with Crippen LogP contribution in [0.1, 0.15) is 20.3 Å². The fourth-order valence-electron chi connectivity index (χ4n) is 0.966. The Labute approximate surface area is 85.7 Å². The molecule has 1 atom stereocenters. The van der Waals surface area contributed by atoms with E-state index >= 15 is 0 Å². The number of Topliss-reactive ketones (excluding diaryl/α,β-unsaturated/α-hetero) is 1. The van der Waals surface area contributed by atoms with Gasteiger partial charge in [0.15, 0.2) is 0 Å². The van der Waals surface area contributed by atoms with Gasteiger partial charge in [0.2, 0.25) is 5.91 Å². The minimum atomic E-state index is -0.167. The molecule has 1 unspecified atom stereocenters. The summed E-state index contributed by atoms with van der Waals surface area (Å²) >= 11 is 0. The normalized spacial score (nSPS) is 12.3. The van der Waals surface area contributed by atoms with Gasteiger partial charge in [0.25, 0.3) is 0 Å². The van der Waals surface area contributed by atoms with E-state index in [2.05, 4.69) is 5.32 Å². The van der Waals surface area contributed by atoms with Crippen LogP contribution in [0.4, 0.5) is 0 Å². The van der Waals surface area contributed by atoms with Crippen LogP contribution in [0.5, 0.6) is 0 Å². The van der Waals surface area contributed by atoms with E-state index in [4.69, 9.17) is 0 Å². The molecule has 0 spiro atoms. The lowest BCUT2D eigenvalue weighted by Crippen LogP contribution is -2.34. The highest BCUT2D eigenvalue weighted by molar-refractivity contribution is 5.85. The Morgan fingerprint density at radius 3 is 2.43 bits per heavy atom. The van der Waals surface area contributed by atoms with Crippen molar-refractivity contribution < 1.29 is 9.59 Å². The summed E-state index contributed by atoms with van der Waals surface area (Å²) in [5, 5.41) is 2.97. The number of ketones is 1. The Kier molecular flexibility index (Phi) is 6.12. The molecule has 4 heteroatoms. The lowest BCUT2D eigenvalue weighted by atomic mass is 10.0. The third-order valence-corrected chi connectivity index (χ3v) is 2.30. The van der Waals surface area contributed by atoms with Crippen LogP contribution >= 0.6 is 0 Å². The van der Waals surface area contributed by atoms with Crippen LogP contribution in [0.3, 0.4) is 0 Å². The predicted molar refractivity (Wildman–Crippen MR) is 56.0 cm³/mol. The van der Waals surface area contributed by atoms with Crippen LogP contribution in [0.25, 0.3) is 0 Å². The zero-order chi connectivity index (χ0) is 11.1. The number of hydrogen-bond acceptors (Lipinski definition) is 3. The highest BCUT2D eigenvalue weighted by Crippen LogP contribution is 2.05. The van der Waals surface area contributed by atoms with E-state index in [1.807, 2.05) is 7.05 Å². The second-order valence-electron chi connectivity index (χ2n) is 3.63. The van der Waals surface area contributed by atoms with Crippen LogP contribution in [-0.2, 0) is 9.59 Å². The first-order valence-electron chi connectivity index (χ1n) is 4.88. The van der Waals surface area contributed by atoms with Crippen LogP contribution in [0.2, 0.25) is 0 Å². The molecule has 82 valence electrons. The minimum Gasteiger partial charge on any atom is -0.344 e. The molecule has 0 aromatic heterocycles. The Hall–Kier alpha value is -0.900. The van der Waals surface area contributed by atoms with Crippen molar-refractivity contribution in [1.29, 1.82) is 0 Å². The van der Waals surface area contributed by atoms with Crippen molar-refractivity contribution in [2.24, 2.45) is 5.92 Å². The molecule has 0 bridgehead atoms. The fourth-order valence-corrected chi connectivity index (χ4v) is 0.966. The predicted octanol–water partition coefficient (Wildman–Crippen LogP) is 0.279. The Morgan fingerprint density at radius 1 is 1.43 bits per heavy atom. The topological polar surface area (TPSA) is 49.4 Å². The van der Waals surface area contributed by atoms with Gasteiger partial charge in [-0.15, -0.1) is 0 Å². The summed E-state index contributed by atoms with van der Waals surface area (Å²) in [6, 6.07) is 0. The molecule has 4 nitrogen and oxygen atoms in total. The maximum absolute atomic E-state index is 11.5. The smallest absolute Gasteiger partial charge is 0.223 e. The van der Waals surface area contributed by atoms with Crippen molar-refractivity contribution in [2.75, 3.05) is 27.2 Å². The molecule has 0 heterocycles. The highest BCUT2D eigenvalue weighted by Gasteiger charge is 2.15. The molecule has 0 rings (SSSR count). The van der Waals surface area contributed by atoms with Crippen molar-refractivity contribution >= 4 is 11.7 Å². The van der Waals surface area contributed by atoms with Crippen molar-refractivity contribution in [2.45, 2.75) is 20.3 Å². The Balaban J connectivity index is 3.88. The lowest BCUT2D eigenvalue weighted by molar-refractivity contribution is -0.133. The van der Waals surface area contributed by atoms with Gasteiger partial charge in [-0.3, -0.25) is 9.59 Å². The number of carbonyl (C=O) groups excluding carboxylic acids is 2. The maximum atomic E-state index is 11.5. The molecule has 0 saturated heterocycles. The quantitative estimate of drug-likeness (QED) is 0.670. The Bertz CT molecular complexity index is 204. The average molecular weight is 200 g/mol. The molecule has 14 heavy (non-hydrogen) atoms. The van der Waals surface area contributed by atoms with Crippen molar-refractivity contribution in [3.05, 3.63) is 0 Å². The van der Waals surface area contributed by atoms with Gasteiger partial charge in [-0.05, 0) is 14.0 Å². The van der Waals surface area contributed by atoms with Gasteiger partial charge in [-0.25, -0.2) is 0 Å². The van der Waals surface area contributed by atoms with Crippen molar-refractivity contribution in [1.82, 2.24) is 10.2 Å². The molecule has 0 aliphatic heterocycles. The molecular formula is C10H20N2O2. The Morgan fingerprint density at radius 2 is 2.00 bits per heavy atom. The second-order valence-corrected chi connectivity index (χ2v) is 3.63. The summed E-state index contributed by atoms with van der Waals surface area (Å²) in [5.74, 6) is -0.0668. The summed E-state index contributed by atoms with van der Waals surface area (Å²) in [4.78, 5) is 24.1. The summed E-state index contributed by atoms with van der Waals surface area (Å²) in [5.41, 5.74) is 0. The number of nitrogens with one attached hydrogen (secondary N) is 1. The number of carbonyl (C=O) groups is 2. The number of likely N-dealkylation sites (N-methyl/N-ethyl adjacent to an activating group) is 2. The van der Waals surface area contributed by atoms with E-state index in [0.717, 1.165) is 6.54 Å². The van der Waals surface area contributed by atoms with E-state index in [1.165, 1.54) is 6.92 Å². The fraction of sp³-hybridized carbons (Fsp3) is 0.800. The highest BCUT2D eigenvalue weighted by atomic mass is 16.2. The maximum Gasteiger partial charge on any atom is 0.223 e. The summed E-state index contributed by atoms with van der Waals surface area (Å²) in [7, 11) is 3.60. The van der Waals surface area contributed by atoms with Crippen LogP contribution in [0, 0.1) is 5.92 Å². The van der Waals surface area contributed by atoms with Gasteiger partial charge in [-0.2, -0.15) is 0 Å². The number of amides is 1. The molecule has 1 N–H and O–H groups in total. The van der Waals surface area contributed by atoms with Crippen LogP contribution in [-0.4, -0.2) is 43.8 Å². The van der Waals surface area contributed by atoms with Gasteiger partial charge in [-0.1, -0.05) is 6.92 Å². The summed E-state index contributed by atoms with van der Waals surface area (Å²) in [6.45, 7) is 4.76. The summed E-state index contributed by atoms with van der Waals surface area (Å²) < 4.78 is 0. The van der Waals surface area contributed by atoms with E-state index in [0.29, 0.717) is 13.0 Å². The van der Waals surface area contributed by atoms with E-state index in [1.54, 1.807) is 18.9 Å². The largest absolute Gasteiger partial charge is 0.344 e.